The molecular formula is C23H41N5O. The summed E-state index contributed by atoms with van der Waals surface area (Å²) in [7, 11) is 4.01. The summed E-state index contributed by atoms with van der Waals surface area (Å²) in [6.07, 6.45) is 0. The molecule has 0 saturated carbocycles. The molecular weight excluding hydrogens is 362 g/mol. The molecule has 0 aliphatic carbocycles. The normalized spacial score (nSPS) is 17.2. The van der Waals surface area contributed by atoms with Crippen LogP contribution in [0.15, 0.2) is 29.3 Å². The van der Waals surface area contributed by atoms with Crippen LogP contribution < -0.4 is 10.6 Å². The Balaban J connectivity index is 1.92. The van der Waals surface area contributed by atoms with Crippen molar-refractivity contribution in [3.05, 3.63) is 35.4 Å². The van der Waals surface area contributed by atoms with E-state index in [1.54, 1.807) is 0 Å². The Hall–Kier alpha value is -1.63. The average molecular weight is 404 g/mol. The first-order chi connectivity index (χ1) is 13.9. The van der Waals surface area contributed by atoms with E-state index in [0.29, 0.717) is 18.0 Å². The Bertz CT molecular complexity index is 625. The fourth-order valence-corrected chi connectivity index (χ4v) is 3.63. The van der Waals surface area contributed by atoms with Crippen LogP contribution in [-0.2, 0) is 17.8 Å². The molecule has 1 aliphatic rings. The summed E-state index contributed by atoms with van der Waals surface area (Å²) in [6.45, 7) is 15.3. The van der Waals surface area contributed by atoms with Crippen LogP contribution in [0.5, 0.6) is 0 Å². The zero-order chi connectivity index (χ0) is 21.2. The summed E-state index contributed by atoms with van der Waals surface area (Å²) in [5, 5.41) is 7.05. The smallest absolute Gasteiger partial charge is 0.191 e. The molecule has 6 nitrogen and oxygen atoms in total. The van der Waals surface area contributed by atoms with Gasteiger partial charge in [0.15, 0.2) is 5.96 Å². The summed E-state index contributed by atoms with van der Waals surface area (Å²) in [6, 6.07) is 9.66. The third kappa shape index (κ3) is 7.61. The van der Waals surface area contributed by atoms with Crippen molar-refractivity contribution in [3.63, 3.8) is 0 Å². The van der Waals surface area contributed by atoms with Crippen LogP contribution in [0.2, 0.25) is 0 Å². The minimum Gasteiger partial charge on any atom is -0.379 e. The zero-order valence-corrected chi connectivity index (χ0v) is 19.2. The third-order valence-electron chi connectivity index (χ3n) is 5.85. The molecule has 1 aromatic carbocycles. The lowest BCUT2D eigenvalue weighted by Gasteiger charge is -2.37. The quantitative estimate of drug-likeness (QED) is 0.490. The Kier molecular flexibility index (Phi) is 9.91. The summed E-state index contributed by atoms with van der Waals surface area (Å²) in [4.78, 5) is 9.33. The van der Waals surface area contributed by atoms with Gasteiger partial charge in [-0.05, 0) is 37.9 Å². The molecule has 1 saturated heterocycles. The van der Waals surface area contributed by atoms with Gasteiger partial charge in [-0.1, -0.05) is 38.1 Å². The van der Waals surface area contributed by atoms with Crippen molar-refractivity contribution in [2.24, 2.45) is 10.9 Å². The largest absolute Gasteiger partial charge is 0.379 e. The minimum atomic E-state index is 0.476. The SMILES string of the molecule is CN=C(NCc1ccccc1CN(C)C(C)C)NCC(C(C)C)N1CCOCC1. The Morgan fingerprint density at radius 1 is 1.10 bits per heavy atom. The van der Waals surface area contributed by atoms with Crippen LogP contribution in [0.1, 0.15) is 38.8 Å². The molecule has 0 amide bonds. The van der Waals surface area contributed by atoms with Gasteiger partial charge >= 0.3 is 0 Å². The predicted molar refractivity (Wildman–Crippen MR) is 122 cm³/mol. The highest BCUT2D eigenvalue weighted by Gasteiger charge is 2.23. The number of nitrogens with one attached hydrogen (secondary N) is 2. The van der Waals surface area contributed by atoms with Gasteiger partial charge in [0.2, 0.25) is 0 Å². The summed E-state index contributed by atoms with van der Waals surface area (Å²) < 4.78 is 5.52. The van der Waals surface area contributed by atoms with Crippen molar-refractivity contribution in [1.29, 1.82) is 0 Å². The van der Waals surface area contributed by atoms with E-state index in [2.05, 4.69) is 84.4 Å². The predicted octanol–water partition coefficient (Wildman–Crippen LogP) is 2.55. The number of benzene rings is 1. The van der Waals surface area contributed by atoms with Gasteiger partial charge in [0, 0.05) is 51.9 Å². The topological polar surface area (TPSA) is 52.1 Å². The van der Waals surface area contributed by atoms with E-state index < -0.39 is 0 Å². The van der Waals surface area contributed by atoms with Gasteiger partial charge in [0.05, 0.1) is 13.2 Å². The van der Waals surface area contributed by atoms with Crippen LogP contribution in [0, 0.1) is 5.92 Å². The van der Waals surface area contributed by atoms with Crippen molar-refractivity contribution in [2.75, 3.05) is 46.9 Å². The maximum atomic E-state index is 5.52. The lowest BCUT2D eigenvalue weighted by Crippen LogP contribution is -2.52. The van der Waals surface area contributed by atoms with Gasteiger partial charge in [-0.25, -0.2) is 0 Å². The molecule has 1 unspecified atom stereocenters. The molecule has 1 heterocycles. The van der Waals surface area contributed by atoms with Crippen molar-refractivity contribution in [2.45, 2.75) is 52.9 Å². The molecule has 0 aromatic heterocycles. The highest BCUT2D eigenvalue weighted by atomic mass is 16.5. The number of ether oxygens (including phenoxy) is 1. The third-order valence-corrected chi connectivity index (χ3v) is 5.85. The van der Waals surface area contributed by atoms with E-state index in [0.717, 1.165) is 51.9 Å². The molecule has 0 radical (unpaired) electrons. The number of morpholine rings is 1. The van der Waals surface area contributed by atoms with Crippen molar-refractivity contribution < 1.29 is 4.74 Å². The van der Waals surface area contributed by atoms with E-state index in [1.165, 1.54) is 11.1 Å². The molecule has 1 aliphatic heterocycles. The van der Waals surface area contributed by atoms with Crippen molar-refractivity contribution >= 4 is 5.96 Å². The molecule has 6 heteroatoms. The van der Waals surface area contributed by atoms with Crippen LogP contribution in [-0.4, -0.2) is 74.8 Å². The minimum absolute atomic E-state index is 0.476. The number of aliphatic imine (C=N–C) groups is 1. The number of hydrogen-bond acceptors (Lipinski definition) is 4. The molecule has 1 aromatic rings. The molecule has 29 heavy (non-hydrogen) atoms. The maximum absolute atomic E-state index is 5.52. The molecule has 164 valence electrons. The lowest BCUT2D eigenvalue weighted by atomic mass is 10.0. The Morgan fingerprint density at radius 3 is 2.34 bits per heavy atom. The first kappa shape index (κ1) is 23.6. The second-order valence-corrected chi connectivity index (χ2v) is 8.54. The average Bonchev–Trinajstić information content (AvgIpc) is 2.71. The number of guanidine groups is 1. The van der Waals surface area contributed by atoms with Crippen LogP contribution >= 0.6 is 0 Å². The second-order valence-electron chi connectivity index (χ2n) is 8.54. The van der Waals surface area contributed by atoms with Gasteiger partial charge in [0.25, 0.3) is 0 Å². The van der Waals surface area contributed by atoms with Gasteiger partial charge < -0.3 is 15.4 Å². The van der Waals surface area contributed by atoms with Gasteiger partial charge in [-0.2, -0.15) is 0 Å². The highest BCUT2D eigenvalue weighted by molar-refractivity contribution is 5.79. The van der Waals surface area contributed by atoms with E-state index in [9.17, 15) is 0 Å². The number of nitrogens with zero attached hydrogens (tertiary/aromatic N) is 3. The second kappa shape index (κ2) is 12.2. The van der Waals surface area contributed by atoms with Gasteiger partial charge in [0.1, 0.15) is 0 Å². The molecule has 2 rings (SSSR count). The number of rotatable bonds is 9. The van der Waals surface area contributed by atoms with Gasteiger partial charge in [-0.3, -0.25) is 14.8 Å². The lowest BCUT2D eigenvalue weighted by molar-refractivity contribution is 0.00752. The standard InChI is InChI=1S/C23H41N5O/c1-18(2)22(28-11-13-29-14-12-28)16-26-23(24-5)25-15-20-9-7-8-10-21(20)17-27(6)19(3)4/h7-10,18-19,22H,11-17H2,1-6H3,(H2,24,25,26). The number of hydrogen-bond donors (Lipinski definition) is 2. The van der Waals surface area contributed by atoms with Crippen LogP contribution in [0.25, 0.3) is 0 Å². The summed E-state index contributed by atoms with van der Waals surface area (Å²) >= 11 is 0. The molecule has 0 spiro atoms. The van der Waals surface area contributed by atoms with Crippen LogP contribution in [0.4, 0.5) is 0 Å². The fraction of sp³-hybridized carbons (Fsp3) is 0.696. The summed E-state index contributed by atoms with van der Waals surface area (Å²) in [5.41, 5.74) is 2.68. The van der Waals surface area contributed by atoms with E-state index in [4.69, 9.17) is 4.74 Å². The first-order valence-corrected chi connectivity index (χ1v) is 11.0. The summed E-state index contributed by atoms with van der Waals surface area (Å²) in [5.74, 6) is 1.43. The first-order valence-electron chi connectivity index (χ1n) is 11.0. The fourth-order valence-electron chi connectivity index (χ4n) is 3.63. The molecule has 1 atom stereocenters. The van der Waals surface area contributed by atoms with E-state index >= 15 is 0 Å². The van der Waals surface area contributed by atoms with Crippen molar-refractivity contribution in [3.8, 4) is 0 Å². The monoisotopic (exact) mass is 403 g/mol. The zero-order valence-electron chi connectivity index (χ0n) is 19.2. The van der Waals surface area contributed by atoms with Crippen LogP contribution in [0.3, 0.4) is 0 Å². The molecule has 0 bridgehead atoms. The molecule has 2 N–H and O–H groups in total. The van der Waals surface area contributed by atoms with Crippen molar-refractivity contribution in [1.82, 2.24) is 20.4 Å². The highest BCUT2D eigenvalue weighted by Crippen LogP contribution is 2.13. The van der Waals surface area contributed by atoms with E-state index in [1.807, 2.05) is 7.05 Å². The van der Waals surface area contributed by atoms with Gasteiger partial charge in [-0.15, -0.1) is 0 Å². The maximum Gasteiger partial charge on any atom is 0.191 e. The molecule has 1 fully saturated rings. The Labute approximate surface area is 177 Å². The Morgan fingerprint density at radius 2 is 1.76 bits per heavy atom. The van der Waals surface area contributed by atoms with E-state index in [-0.39, 0.29) is 0 Å².